The summed E-state index contributed by atoms with van der Waals surface area (Å²) in [6.45, 7) is 2.13. The third-order valence-electron chi connectivity index (χ3n) is 4.11. The van der Waals surface area contributed by atoms with E-state index in [9.17, 15) is 14.0 Å². The number of rotatable bonds is 4. The number of amides is 1. The van der Waals surface area contributed by atoms with E-state index in [2.05, 4.69) is 15.3 Å². The normalized spacial score (nSPS) is 20.2. The number of carbonyl (C=O) groups excluding carboxylic acids is 1. The van der Waals surface area contributed by atoms with Gasteiger partial charge in [0.25, 0.3) is 5.91 Å². The van der Waals surface area contributed by atoms with E-state index in [-0.39, 0.29) is 27.2 Å². The molecule has 140 valence electrons. The minimum absolute atomic E-state index is 0.00968. The zero-order valence-electron chi connectivity index (χ0n) is 13.6. The number of nitrogens with zero attached hydrogens (tertiary/aromatic N) is 2. The SMILES string of the molecule is Cc1[nH]c(C(=O)N[C@H]2CCN(c3ncc(C(=O)O)s3)C[C@@H]2F)c(Cl)c1Cl. The number of aromatic carboxylic acids is 1. The number of aromatic amines is 1. The van der Waals surface area contributed by atoms with Crippen LogP contribution in [0.25, 0.3) is 0 Å². The van der Waals surface area contributed by atoms with Gasteiger partial charge in [-0.25, -0.2) is 14.2 Å². The van der Waals surface area contributed by atoms with Crippen LogP contribution in [0.15, 0.2) is 6.20 Å². The highest BCUT2D eigenvalue weighted by atomic mass is 35.5. The zero-order valence-corrected chi connectivity index (χ0v) is 15.9. The third-order valence-corrected chi connectivity index (χ3v) is 6.11. The van der Waals surface area contributed by atoms with Crippen molar-refractivity contribution in [1.82, 2.24) is 15.3 Å². The second-order valence-electron chi connectivity index (χ2n) is 5.90. The molecule has 3 rings (SSSR count). The molecule has 2 aromatic heterocycles. The molecule has 0 unspecified atom stereocenters. The molecule has 0 radical (unpaired) electrons. The van der Waals surface area contributed by atoms with Crippen molar-refractivity contribution in [1.29, 1.82) is 0 Å². The monoisotopic (exact) mass is 420 g/mol. The molecule has 2 atom stereocenters. The quantitative estimate of drug-likeness (QED) is 0.705. The lowest BCUT2D eigenvalue weighted by Crippen LogP contribution is -2.52. The number of hydrogen-bond acceptors (Lipinski definition) is 5. The number of thiazole rings is 1. The molecule has 11 heteroatoms. The van der Waals surface area contributed by atoms with Crippen LogP contribution in [0.3, 0.4) is 0 Å². The smallest absolute Gasteiger partial charge is 0.347 e. The number of halogens is 3. The van der Waals surface area contributed by atoms with Crippen LogP contribution in [-0.4, -0.2) is 52.3 Å². The first-order chi connectivity index (χ1) is 12.3. The summed E-state index contributed by atoms with van der Waals surface area (Å²) < 4.78 is 14.5. The van der Waals surface area contributed by atoms with Gasteiger partial charge in [0.05, 0.1) is 28.8 Å². The van der Waals surface area contributed by atoms with Gasteiger partial charge >= 0.3 is 5.97 Å². The van der Waals surface area contributed by atoms with Crippen molar-refractivity contribution in [3.8, 4) is 0 Å². The lowest BCUT2D eigenvalue weighted by Gasteiger charge is -2.34. The average molecular weight is 421 g/mol. The van der Waals surface area contributed by atoms with Crippen LogP contribution < -0.4 is 10.2 Å². The molecule has 1 aliphatic rings. The van der Waals surface area contributed by atoms with E-state index < -0.39 is 24.1 Å². The Hall–Kier alpha value is -1.84. The van der Waals surface area contributed by atoms with E-state index in [1.165, 1.54) is 6.20 Å². The average Bonchev–Trinajstić information content (AvgIpc) is 3.18. The molecule has 1 aliphatic heterocycles. The van der Waals surface area contributed by atoms with Crippen molar-refractivity contribution in [2.45, 2.75) is 25.6 Å². The molecule has 1 amide bonds. The van der Waals surface area contributed by atoms with Crippen LogP contribution in [-0.2, 0) is 0 Å². The van der Waals surface area contributed by atoms with E-state index in [1.807, 2.05) is 0 Å². The van der Waals surface area contributed by atoms with Crippen molar-refractivity contribution in [2.24, 2.45) is 0 Å². The number of aromatic nitrogens is 2. The first-order valence-corrected chi connectivity index (χ1v) is 9.27. The van der Waals surface area contributed by atoms with E-state index in [0.717, 1.165) is 11.3 Å². The van der Waals surface area contributed by atoms with Gasteiger partial charge in [-0.05, 0) is 13.3 Å². The molecule has 0 saturated carbocycles. The second-order valence-corrected chi connectivity index (χ2v) is 7.66. The number of alkyl halides is 1. The summed E-state index contributed by atoms with van der Waals surface area (Å²) >= 11 is 13.0. The number of piperidine rings is 1. The third kappa shape index (κ3) is 3.65. The van der Waals surface area contributed by atoms with E-state index in [1.54, 1.807) is 11.8 Å². The van der Waals surface area contributed by atoms with Crippen molar-refractivity contribution in [3.63, 3.8) is 0 Å². The molecule has 2 aromatic rings. The van der Waals surface area contributed by atoms with Gasteiger partial charge in [-0.3, -0.25) is 4.79 Å². The molecule has 1 fully saturated rings. The first kappa shape index (κ1) is 18.9. The fraction of sp³-hybridized carbons (Fsp3) is 0.400. The summed E-state index contributed by atoms with van der Waals surface area (Å²) in [7, 11) is 0. The summed E-state index contributed by atoms with van der Waals surface area (Å²) in [4.78, 5) is 31.9. The minimum Gasteiger partial charge on any atom is -0.477 e. The van der Waals surface area contributed by atoms with E-state index >= 15 is 0 Å². The number of H-pyrrole nitrogens is 1. The minimum atomic E-state index is -1.34. The number of anilines is 1. The van der Waals surface area contributed by atoms with Crippen LogP contribution in [0, 0.1) is 6.92 Å². The fourth-order valence-corrected chi connectivity index (χ4v) is 3.93. The van der Waals surface area contributed by atoms with Crippen LogP contribution in [0.4, 0.5) is 9.52 Å². The van der Waals surface area contributed by atoms with Gasteiger partial charge in [0.1, 0.15) is 16.7 Å². The number of aryl methyl sites for hydroxylation is 1. The van der Waals surface area contributed by atoms with Crippen molar-refractivity contribution in [3.05, 3.63) is 32.5 Å². The Balaban J connectivity index is 1.64. The predicted molar refractivity (Wildman–Crippen MR) is 97.6 cm³/mol. The summed E-state index contributed by atoms with van der Waals surface area (Å²) in [5, 5.41) is 12.4. The fourth-order valence-electron chi connectivity index (χ4n) is 2.72. The van der Waals surface area contributed by atoms with Crippen molar-refractivity contribution < 1.29 is 19.1 Å². The van der Waals surface area contributed by atoms with Crippen molar-refractivity contribution in [2.75, 3.05) is 18.0 Å². The molecule has 0 spiro atoms. The highest BCUT2D eigenvalue weighted by Crippen LogP contribution is 2.30. The Kier molecular flexibility index (Phi) is 5.40. The molecule has 1 saturated heterocycles. The molecule has 0 aromatic carbocycles. The number of carboxylic acid groups (broad SMARTS) is 1. The number of carbonyl (C=O) groups is 2. The van der Waals surface area contributed by atoms with Gasteiger partial charge in [0, 0.05) is 12.2 Å². The summed E-state index contributed by atoms with van der Waals surface area (Å²) in [5.74, 6) is -1.59. The second kappa shape index (κ2) is 7.42. The van der Waals surface area contributed by atoms with Gasteiger partial charge < -0.3 is 20.3 Å². The highest BCUT2D eigenvalue weighted by Gasteiger charge is 2.33. The topological polar surface area (TPSA) is 98.3 Å². The largest absolute Gasteiger partial charge is 0.477 e. The van der Waals surface area contributed by atoms with Gasteiger partial charge in [-0.2, -0.15) is 0 Å². The Morgan fingerprint density at radius 2 is 2.19 bits per heavy atom. The number of carboxylic acids is 1. The van der Waals surface area contributed by atoms with Crippen LogP contribution in [0.2, 0.25) is 10.0 Å². The lowest BCUT2D eigenvalue weighted by molar-refractivity contribution is 0.0701. The maximum atomic E-state index is 14.5. The number of hydrogen-bond donors (Lipinski definition) is 3. The van der Waals surface area contributed by atoms with Gasteiger partial charge in [0.15, 0.2) is 5.13 Å². The van der Waals surface area contributed by atoms with Crippen LogP contribution in [0.1, 0.15) is 32.3 Å². The molecular weight excluding hydrogens is 406 g/mol. The summed E-state index contributed by atoms with van der Waals surface area (Å²) in [6, 6.07) is -0.684. The van der Waals surface area contributed by atoms with Crippen LogP contribution in [0.5, 0.6) is 0 Å². The zero-order chi connectivity index (χ0) is 19.0. The lowest BCUT2D eigenvalue weighted by atomic mass is 10.0. The van der Waals surface area contributed by atoms with E-state index in [0.29, 0.717) is 23.8 Å². The Bertz CT molecular complexity index is 856. The molecule has 3 N–H and O–H groups in total. The Morgan fingerprint density at radius 3 is 2.73 bits per heavy atom. The molecule has 0 aliphatic carbocycles. The predicted octanol–water partition coefficient (Wildman–Crippen LogP) is 3.13. The van der Waals surface area contributed by atoms with E-state index in [4.69, 9.17) is 28.3 Å². The first-order valence-electron chi connectivity index (χ1n) is 7.70. The Morgan fingerprint density at radius 1 is 1.46 bits per heavy atom. The van der Waals surface area contributed by atoms with Crippen molar-refractivity contribution >= 4 is 51.5 Å². The molecule has 7 nitrogen and oxygen atoms in total. The maximum Gasteiger partial charge on any atom is 0.347 e. The molecule has 26 heavy (non-hydrogen) atoms. The van der Waals surface area contributed by atoms with Gasteiger partial charge in [-0.1, -0.05) is 34.5 Å². The van der Waals surface area contributed by atoms with Gasteiger partial charge in [0.2, 0.25) is 0 Å². The van der Waals surface area contributed by atoms with Gasteiger partial charge in [-0.15, -0.1) is 0 Å². The number of nitrogens with one attached hydrogen (secondary N) is 2. The molecular formula is C15H15Cl2FN4O3S. The highest BCUT2D eigenvalue weighted by molar-refractivity contribution is 7.17. The molecule has 3 heterocycles. The van der Waals surface area contributed by atoms with Crippen LogP contribution >= 0.6 is 34.5 Å². The molecule has 0 bridgehead atoms. The summed E-state index contributed by atoms with van der Waals surface area (Å²) in [6.07, 6.45) is 0.262. The summed E-state index contributed by atoms with van der Waals surface area (Å²) in [5.41, 5.74) is 0.668. The maximum absolute atomic E-state index is 14.5. The standard InChI is InChI=1S/C15H15Cl2FN4O3S/c1-6-10(16)11(17)12(20-6)13(23)21-8-2-3-22(5-7(8)18)15-19-4-9(26-15)14(24)25/h4,7-8,20H,2-3,5H2,1H3,(H,21,23)(H,24,25)/t7-,8-/m0/s1. The Labute approximate surface area is 162 Å².